The molecule has 3 N–H and O–H groups in total. The Bertz CT molecular complexity index is 583. The van der Waals surface area contributed by atoms with Crippen LogP contribution >= 0.6 is 11.3 Å². The first-order valence-corrected chi connectivity index (χ1v) is 6.64. The zero-order valence-electron chi connectivity index (χ0n) is 11.1. The normalized spacial score (nSPS) is 11.6. The van der Waals surface area contributed by atoms with Crippen LogP contribution in [0.2, 0.25) is 0 Å². The summed E-state index contributed by atoms with van der Waals surface area (Å²) in [6.45, 7) is 6.40. The van der Waals surface area contributed by atoms with Crippen LogP contribution in [0.1, 0.15) is 41.9 Å². The quantitative estimate of drug-likeness (QED) is 0.898. The number of furan rings is 1. The number of nitrogens with two attached hydrogens (primary N) is 1. The minimum atomic E-state index is -0.278. The molecular formula is C12H16N4O2S. The summed E-state index contributed by atoms with van der Waals surface area (Å²) in [5, 5.41) is 12.1. The molecule has 1 amide bonds. The highest BCUT2D eigenvalue weighted by molar-refractivity contribution is 7.15. The van der Waals surface area contributed by atoms with E-state index in [1.807, 2.05) is 20.8 Å². The summed E-state index contributed by atoms with van der Waals surface area (Å²) in [7, 11) is 0. The van der Waals surface area contributed by atoms with Gasteiger partial charge in [0.15, 0.2) is 0 Å². The molecule has 2 aromatic rings. The standard InChI is InChI=1S/C12H16N4O2S/c1-12(2,3)10-15-16-11(19-10)14-9(17)7-4-8(5-13)18-6-7/h4,6H,5,13H2,1-3H3,(H,14,16,17). The number of nitrogens with one attached hydrogen (secondary N) is 1. The number of rotatable bonds is 3. The van der Waals surface area contributed by atoms with Gasteiger partial charge in [0.2, 0.25) is 5.13 Å². The van der Waals surface area contributed by atoms with E-state index in [1.54, 1.807) is 6.07 Å². The Hall–Kier alpha value is -1.73. The first-order chi connectivity index (χ1) is 8.90. The van der Waals surface area contributed by atoms with Crippen LogP contribution in [0.15, 0.2) is 16.7 Å². The highest BCUT2D eigenvalue weighted by Gasteiger charge is 2.20. The first-order valence-electron chi connectivity index (χ1n) is 5.83. The van der Waals surface area contributed by atoms with Crippen molar-refractivity contribution in [3.63, 3.8) is 0 Å². The van der Waals surface area contributed by atoms with Crippen molar-refractivity contribution >= 4 is 22.4 Å². The van der Waals surface area contributed by atoms with E-state index in [9.17, 15) is 4.79 Å². The monoisotopic (exact) mass is 280 g/mol. The van der Waals surface area contributed by atoms with Crippen LogP contribution in [0.5, 0.6) is 0 Å². The number of hydrogen-bond donors (Lipinski definition) is 2. The third-order valence-corrected chi connectivity index (χ3v) is 3.67. The molecule has 0 radical (unpaired) electrons. The van der Waals surface area contributed by atoms with Gasteiger partial charge in [-0.05, 0) is 6.07 Å². The van der Waals surface area contributed by atoms with E-state index in [0.29, 0.717) is 16.5 Å². The Kier molecular flexibility index (Phi) is 3.68. The highest BCUT2D eigenvalue weighted by Crippen LogP contribution is 2.27. The number of anilines is 1. The number of nitrogens with zero attached hydrogens (tertiary/aromatic N) is 2. The van der Waals surface area contributed by atoms with Crippen molar-refractivity contribution in [2.45, 2.75) is 32.7 Å². The van der Waals surface area contributed by atoms with Crippen molar-refractivity contribution in [2.24, 2.45) is 5.73 Å². The van der Waals surface area contributed by atoms with Crippen molar-refractivity contribution in [3.05, 3.63) is 28.7 Å². The summed E-state index contributed by atoms with van der Waals surface area (Å²) < 4.78 is 5.11. The van der Waals surface area contributed by atoms with Crippen LogP contribution < -0.4 is 11.1 Å². The third-order valence-electron chi connectivity index (χ3n) is 2.40. The van der Waals surface area contributed by atoms with E-state index in [1.165, 1.54) is 17.6 Å². The average molecular weight is 280 g/mol. The Balaban J connectivity index is 2.09. The van der Waals surface area contributed by atoms with Crippen LogP contribution in [-0.4, -0.2) is 16.1 Å². The number of hydrogen-bond acceptors (Lipinski definition) is 6. The van der Waals surface area contributed by atoms with Gasteiger partial charge in [0.05, 0.1) is 12.1 Å². The van der Waals surface area contributed by atoms with Gasteiger partial charge in [-0.3, -0.25) is 10.1 Å². The predicted molar refractivity (Wildman–Crippen MR) is 73.2 cm³/mol. The molecule has 19 heavy (non-hydrogen) atoms. The second-order valence-electron chi connectivity index (χ2n) is 5.12. The van der Waals surface area contributed by atoms with Crippen LogP contribution in [0.25, 0.3) is 0 Å². The van der Waals surface area contributed by atoms with Gasteiger partial charge < -0.3 is 10.2 Å². The Labute approximate surface area is 115 Å². The van der Waals surface area contributed by atoms with E-state index >= 15 is 0 Å². The maximum absolute atomic E-state index is 11.9. The average Bonchev–Trinajstić information content (AvgIpc) is 2.95. The van der Waals surface area contributed by atoms with E-state index < -0.39 is 0 Å². The molecule has 2 heterocycles. The lowest BCUT2D eigenvalue weighted by molar-refractivity contribution is 0.102. The second-order valence-corrected chi connectivity index (χ2v) is 6.10. The largest absolute Gasteiger partial charge is 0.467 e. The minimum Gasteiger partial charge on any atom is -0.467 e. The Morgan fingerprint density at radius 2 is 2.21 bits per heavy atom. The molecule has 0 spiro atoms. The molecule has 0 unspecified atom stereocenters. The summed E-state index contributed by atoms with van der Waals surface area (Å²) in [5.74, 6) is 0.290. The summed E-state index contributed by atoms with van der Waals surface area (Å²) in [5.41, 5.74) is 5.77. The third kappa shape index (κ3) is 3.18. The topological polar surface area (TPSA) is 94.0 Å². The fourth-order valence-corrected chi connectivity index (χ4v) is 2.15. The molecular weight excluding hydrogens is 264 g/mol. The smallest absolute Gasteiger partial charge is 0.260 e. The molecule has 0 aliphatic carbocycles. The lowest BCUT2D eigenvalue weighted by Crippen LogP contribution is -2.10. The zero-order valence-corrected chi connectivity index (χ0v) is 11.9. The molecule has 0 saturated carbocycles. The van der Waals surface area contributed by atoms with E-state index in [4.69, 9.17) is 10.2 Å². The molecule has 0 bridgehead atoms. The number of carbonyl (C=O) groups excluding carboxylic acids is 1. The molecule has 7 heteroatoms. The Morgan fingerprint density at radius 3 is 2.74 bits per heavy atom. The molecule has 0 aliphatic heterocycles. The van der Waals surface area contributed by atoms with Gasteiger partial charge in [-0.2, -0.15) is 0 Å². The fourth-order valence-electron chi connectivity index (χ4n) is 1.35. The van der Waals surface area contributed by atoms with Gasteiger partial charge in [0.25, 0.3) is 5.91 Å². The van der Waals surface area contributed by atoms with Crippen molar-refractivity contribution in [2.75, 3.05) is 5.32 Å². The molecule has 0 aromatic carbocycles. The molecule has 0 aliphatic rings. The first kappa shape index (κ1) is 13.7. The second kappa shape index (κ2) is 5.10. The lowest BCUT2D eigenvalue weighted by atomic mass is 9.98. The van der Waals surface area contributed by atoms with Crippen molar-refractivity contribution in [1.29, 1.82) is 0 Å². The van der Waals surface area contributed by atoms with Gasteiger partial charge in [-0.1, -0.05) is 32.1 Å². The maximum atomic E-state index is 11.9. The van der Waals surface area contributed by atoms with Crippen LogP contribution in [0.3, 0.4) is 0 Å². The van der Waals surface area contributed by atoms with Gasteiger partial charge in [-0.25, -0.2) is 0 Å². The zero-order chi connectivity index (χ0) is 14.0. The molecule has 0 saturated heterocycles. The van der Waals surface area contributed by atoms with Gasteiger partial charge >= 0.3 is 0 Å². The van der Waals surface area contributed by atoms with E-state index in [-0.39, 0.29) is 17.9 Å². The summed E-state index contributed by atoms with van der Waals surface area (Å²) in [6, 6.07) is 1.61. The number of aromatic nitrogens is 2. The number of carbonyl (C=O) groups is 1. The molecule has 2 rings (SSSR count). The van der Waals surface area contributed by atoms with Crippen LogP contribution in [-0.2, 0) is 12.0 Å². The SMILES string of the molecule is CC(C)(C)c1nnc(NC(=O)c2coc(CN)c2)s1. The van der Waals surface area contributed by atoms with Gasteiger partial charge in [0, 0.05) is 5.41 Å². The predicted octanol–water partition coefficient (Wildman–Crippen LogP) is 2.14. The van der Waals surface area contributed by atoms with Gasteiger partial charge in [-0.15, -0.1) is 10.2 Å². The van der Waals surface area contributed by atoms with Gasteiger partial charge in [0.1, 0.15) is 17.0 Å². The minimum absolute atomic E-state index is 0.0804. The highest BCUT2D eigenvalue weighted by atomic mass is 32.1. The lowest BCUT2D eigenvalue weighted by Gasteiger charge is -2.12. The fraction of sp³-hybridized carbons (Fsp3) is 0.417. The van der Waals surface area contributed by atoms with E-state index in [0.717, 1.165) is 5.01 Å². The maximum Gasteiger partial charge on any atom is 0.260 e. The summed E-state index contributed by atoms with van der Waals surface area (Å²) >= 11 is 1.37. The van der Waals surface area contributed by atoms with Crippen molar-refractivity contribution in [3.8, 4) is 0 Å². The number of amides is 1. The molecule has 2 aromatic heterocycles. The molecule has 0 fully saturated rings. The Morgan fingerprint density at radius 1 is 1.47 bits per heavy atom. The molecule has 102 valence electrons. The van der Waals surface area contributed by atoms with Crippen molar-refractivity contribution < 1.29 is 9.21 Å². The summed E-state index contributed by atoms with van der Waals surface area (Å²) in [6.07, 6.45) is 1.38. The van der Waals surface area contributed by atoms with Crippen LogP contribution in [0, 0.1) is 0 Å². The van der Waals surface area contributed by atoms with Crippen LogP contribution in [0.4, 0.5) is 5.13 Å². The van der Waals surface area contributed by atoms with Crippen molar-refractivity contribution in [1.82, 2.24) is 10.2 Å². The summed E-state index contributed by atoms with van der Waals surface area (Å²) in [4.78, 5) is 11.9. The molecule has 6 nitrogen and oxygen atoms in total. The van der Waals surface area contributed by atoms with E-state index in [2.05, 4.69) is 15.5 Å². The molecule has 0 atom stereocenters.